The van der Waals surface area contributed by atoms with Crippen molar-refractivity contribution in [1.29, 1.82) is 0 Å². The number of nitrogens with zero attached hydrogens (tertiary/aromatic N) is 1. The lowest BCUT2D eigenvalue weighted by molar-refractivity contribution is 0.0905. The molecule has 2 atom stereocenters. The van der Waals surface area contributed by atoms with Crippen LogP contribution >= 0.6 is 27.5 Å². The Balaban J connectivity index is 2.04. The third kappa shape index (κ3) is 3.23. The topological polar surface area (TPSA) is 42.0 Å². The molecule has 3 nitrogen and oxygen atoms in total. The summed E-state index contributed by atoms with van der Waals surface area (Å²) in [5.41, 5.74) is 0.441. The Morgan fingerprint density at radius 1 is 1.50 bits per heavy atom. The fraction of sp³-hybridized carbons (Fsp3) is 0.538. The number of carbonyl (C=O) groups is 1. The largest absolute Gasteiger partial charge is 0.348 e. The Morgan fingerprint density at radius 2 is 2.28 bits per heavy atom. The van der Waals surface area contributed by atoms with Crippen molar-refractivity contribution in [3.05, 3.63) is 28.5 Å². The maximum Gasteiger partial charge on any atom is 0.271 e. The van der Waals surface area contributed by atoms with Crippen LogP contribution < -0.4 is 5.32 Å². The molecule has 1 amide bonds. The zero-order chi connectivity index (χ0) is 13.0. The highest BCUT2D eigenvalue weighted by Crippen LogP contribution is 2.26. The molecule has 1 N–H and O–H groups in total. The lowest BCUT2D eigenvalue weighted by atomic mass is 9.85. The quantitative estimate of drug-likeness (QED) is 0.863. The van der Waals surface area contributed by atoms with Crippen LogP contribution in [0.2, 0.25) is 0 Å². The van der Waals surface area contributed by atoms with E-state index in [0.717, 1.165) is 23.7 Å². The maximum absolute atomic E-state index is 12.1. The molecule has 0 spiro atoms. The molecule has 1 aliphatic carbocycles. The number of hydrogen-bond donors (Lipinski definition) is 1. The van der Waals surface area contributed by atoms with Crippen molar-refractivity contribution in [1.82, 2.24) is 10.3 Å². The molecule has 1 heterocycles. The number of halogens is 2. The number of carbonyl (C=O) groups excluding carboxylic acids is 1. The summed E-state index contributed by atoms with van der Waals surface area (Å²) in [7, 11) is 0. The van der Waals surface area contributed by atoms with Crippen LogP contribution in [0.5, 0.6) is 0 Å². The lowest BCUT2D eigenvalue weighted by Gasteiger charge is -2.30. The molecule has 1 saturated carbocycles. The van der Waals surface area contributed by atoms with Crippen LogP contribution in [-0.2, 0) is 0 Å². The van der Waals surface area contributed by atoms with E-state index < -0.39 is 0 Å². The van der Waals surface area contributed by atoms with Crippen molar-refractivity contribution in [3.63, 3.8) is 0 Å². The molecule has 2 rings (SSSR count). The minimum atomic E-state index is -0.121. The number of aromatic nitrogens is 1. The lowest BCUT2D eigenvalue weighted by Crippen LogP contribution is -2.43. The minimum Gasteiger partial charge on any atom is -0.348 e. The Hall–Kier alpha value is -0.610. The first-order valence-corrected chi connectivity index (χ1v) is 7.52. The minimum absolute atomic E-state index is 0.121. The first kappa shape index (κ1) is 13.8. The van der Waals surface area contributed by atoms with Gasteiger partial charge >= 0.3 is 0 Å². The van der Waals surface area contributed by atoms with Gasteiger partial charge in [0.05, 0.1) is 0 Å². The van der Waals surface area contributed by atoms with E-state index in [4.69, 9.17) is 11.6 Å². The van der Waals surface area contributed by atoms with Gasteiger partial charge in [-0.25, -0.2) is 4.98 Å². The summed E-state index contributed by atoms with van der Waals surface area (Å²) >= 11 is 9.30. The smallest absolute Gasteiger partial charge is 0.271 e. The number of nitrogens with one attached hydrogen (secondary N) is 1. The molecule has 1 aromatic heterocycles. The second kappa shape index (κ2) is 6.53. The van der Waals surface area contributed by atoms with Gasteiger partial charge in [0.25, 0.3) is 5.91 Å². The number of amides is 1. The number of pyridine rings is 1. The van der Waals surface area contributed by atoms with Crippen molar-refractivity contribution in [2.45, 2.75) is 31.7 Å². The average Bonchev–Trinajstić information content (AvgIpc) is 2.39. The summed E-state index contributed by atoms with van der Waals surface area (Å²) in [4.78, 5) is 16.3. The summed E-state index contributed by atoms with van der Waals surface area (Å²) in [6.07, 6.45) is 6.09. The summed E-state index contributed by atoms with van der Waals surface area (Å²) in [6.45, 7) is 0. The van der Waals surface area contributed by atoms with Crippen molar-refractivity contribution in [2.24, 2.45) is 5.92 Å². The highest BCUT2D eigenvalue weighted by atomic mass is 79.9. The molecule has 1 fully saturated rings. The predicted molar refractivity (Wildman–Crippen MR) is 75.9 cm³/mol. The van der Waals surface area contributed by atoms with Crippen LogP contribution in [0.4, 0.5) is 0 Å². The van der Waals surface area contributed by atoms with E-state index in [-0.39, 0.29) is 11.9 Å². The first-order valence-electron chi connectivity index (χ1n) is 6.19. The third-order valence-corrected chi connectivity index (χ3v) is 4.43. The molecule has 5 heteroatoms. The van der Waals surface area contributed by atoms with Crippen molar-refractivity contribution >= 4 is 33.4 Å². The van der Waals surface area contributed by atoms with E-state index in [2.05, 4.69) is 26.2 Å². The highest BCUT2D eigenvalue weighted by molar-refractivity contribution is 9.10. The molecule has 1 aromatic rings. The van der Waals surface area contributed by atoms with E-state index in [1.54, 1.807) is 12.3 Å². The molecule has 0 aromatic carbocycles. The average molecular weight is 332 g/mol. The van der Waals surface area contributed by atoms with Crippen LogP contribution in [0.3, 0.4) is 0 Å². The molecule has 0 bridgehead atoms. The van der Waals surface area contributed by atoms with Crippen LogP contribution in [0.15, 0.2) is 22.8 Å². The zero-order valence-electron chi connectivity index (χ0n) is 10.0. The number of hydrogen-bond acceptors (Lipinski definition) is 2. The first-order chi connectivity index (χ1) is 8.72. The molecular weight excluding hydrogens is 316 g/mol. The van der Waals surface area contributed by atoms with Crippen molar-refractivity contribution < 1.29 is 4.79 Å². The van der Waals surface area contributed by atoms with Gasteiger partial charge < -0.3 is 5.32 Å². The SMILES string of the molecule is O=C(NC1CCCCC1CCl)c1ncccc1Br. The van der Waals surface area contributed by atoms with Gasteiger partial charge in [-0.2, -0.15) is 0 Å². The molecule has 0 aliphatic heterocycles. The molecule has 98 valence electrons. The van der Waals surface area contributed by atoms with E-state index in [0.29, 0.717) is 17.5 Å². The highest BCUT2D eigenvalue weighted by Gasteiger charge is 2.26. The summed E-state index contributed by atoms with van der Waals surface area (Å²) in [6, 6.07) is 3.79. The van der Waals surface area contributed by atoms with Crippen molar-refractivity contribution in [3.8, 4) is 0 Å². The van der Waals surface area contributed by atoms with Gasteiger partial charge in [0.2, 0.25) is 0 Å². The monoisotopic (exact) mass is 330 g/mol. The fourth-order valence-corrected chi connectivity index (χ4v) is 3.18. The fourth-order valence-electron chi connectivity index (χ4n) is 2.37. The van der Waals surface area contributed by atoms with Crippen LogP contribution in [0, 0.1) is 5.92 Å². The number of alkyl halides is 1. The summed E-state index contributed by atoms with van der Waals surface area (Å²) < 4.78 is 0.723. The molecule has 0 radical (unpaired) electrons. The van der Waals surface area contributed by atoms with Gasteiger partial charge in [-0.3, -0.25) is 4.79 Å². The van der Waals surface area contributed by atoms with Gasteiger partial charge in [-0.1, -0.05) is 12.8 Å². The van der Waals surface area contributed by atoms with Gasteiger partial charge in [-0.15, -0.1) is 11.6 Å². The third-order valence-electron chi connectivity index (χ3n) is 3.40. The van der Waals surface area contributed by atoms with E-state index in [1.807, 2.05) is 6.07 Å². The second-order valence-corrected chi connectivity index (χ2v) is 5.78. The Morgan fingerprint density at radius 3 is 3.00 bits per heavy atom. The summed E-state index contributed by atoms with van der Waals surface area (Å²) in [5.74, 6) is 0.866. The molecule has 18 heavy (non-hydrogen) atoms. The number of rotatable bonds is 3. The van der Waals surface area contributed by atoms with Gasteiger partial charge in [0, 0.05) is 22.6 Å². The Kier molecular flexibility index (Phi) is 5.01. The van der Waals surface area contributed by atoms with E-state index in [1.165, 1.54) is 6.42 Å². The van der Waals surface area contributed by atoms with Gasteiger partial charge in [-0.05, 0) is 46.8 Å². The van der Waals surface area contributed by atoms with E-state index in [9.17, 15) is 4.79 Å². The standard InChI is InChI=1S/C13H16BrClN2O/c14-10-5-3-7-16-12(10)13(18)17-11-6-2-1-4-9(11)8-15/h3,5,7,9,11H,1-2,4,6,8H2,(H,17,18). The van der Waals surface area contributed by atoms with E-state index >= 15 is 0 Å². The summed E-state index contributed by atoms with van der Waals surface area (Å²) in [5, 5.41) is 3.06. The van der Waals surface area contributed by atoms with Gasteiger partial charge in [0.15, 0.2) is 0 Å². The zero-order valence-corrected chi connectivity index (χ0v) is 12.4. The van der Waals surface area contributed by atoms with Crippen LogP contribution in [0.1, 0.15) is 36.2 Å². The second-order valence-electron chi connectivity index (χ2n) is 4.61. The molecule has 2 unspecified atom stereocenters. The van der Waals surface area contributed by atoms with Crippen LogP contribution in [-0.4, -0.2) is 22.8 Å². The predicted octanol–water partition coefficient (Wildman–Crippen LogP) is 3.37. The molecule has 0 saturated heterocycles. The Labute approximate surface area is 120 Å². The van der Waals surface area contributed by atoms with Crippen molar-refractivity contribution in [2.75, 3.05) is 5.88 Å². The Bertz CT molecular complexity index is 427. The molecular formula is C13H16BrClN2O. The normalized spacial score (nSPS) is 23.7. The molecule has 1 aliphatic rings. The van der Waals surface area contributed by atoms with Crippen LogP contribution in [0.25, 0.3) is 0 Å². The van der Waals surface area contributed by atoms with Gasteiger partial charge in [0.1, 0.15) is 5.69 Å². The maximum atomic E-state index is 12.1.